The number of likely N-dealkylation sites (tertiary alicyclic amines) is 1. The number of hydrogen-bond acceptors (Lipinski definition) is 3. The highest BCUT2D eigenvalue weighted by atomic mass is 35.5. The van der Waals surface area contributed by atoms with Gasteiger partial charge in [-0.15, -0.1) is 0 Å². The number of carbonyl (C=O) groups is 1. The maximum absolute atomic E-state index is 11.8. The molecule has 0 spiro atoms. The Hall–Kier alpha value is -1.10. The number of nitrogens with one attached hydrogen (secondary N) is 2. The summed E-state index contributed by atoms with van der Waals surface area (Å²) in [5, 5.41) is 6.73. The molecule has 21 heavy (non-hydrogen) atoms. The van der Waals surface area contributed by atoms with Crippen molar-refractivity contribution in [3.05, 3.63) is 29.3 Å². The summed E-state index contributed by atoms with van der Waals surface area (Å²) >= 11 is 5.89. The standard InChI is InChI=1S/C16H24ClN3O/c1-2-20-8-6-13(7-9-20)11-18-12-16(21)19-15-5-3-4-14(17)10-15/h3-5,10,13,18H,2,6-9,11-12H2,1H3,(H,19,21). The third-order valence-electron chi connectivity index (χ3n) is 3.98. The smallest absolute Gasteiger partial charge is 0.238 e. The van der Waals surface area contributed by atoms with Gasteiger partial charge in [0.25, 0.3) is 0 Å². The van der Waals surface area contributed by atoms with E-state index in [4.69, 9.17) is 11.6 Å². The quantitative estimate of drug-likeness (QED) is 0.849. The zero-order chi connectivity index (χ0) is 15.1. The minimum Gasteiger partial charge on any atom is -0.325 e. The Morgan fingerprint density at radius 3 is 2.81 bits per heavy atom. The molecule has 0 aliphatic carbocycles. The minimum atomic E-state index is -0.0248. The van der Waals surface area contributed by atoms with Crippen LogP contribution in [-0.2, 0) is 4.79 Å². The first kappa shape index (κ1) is 16.3. The first-order valence-electron chi connectivity index (χ1n) is 7.66. The molecule has 5 heteroatoms. The molecule has 0 aromatic heterocycles. The second kappa shape index (κ2) is 8.37. The second-order valence-corrected chi connectivity index (χ2v) is 6.00. The van der Waals surface area contributed by atoms with E-state index in [0.717, 1.165) is 18.8 Å². The topological polar surface area (TPSA) is 44.4 Å². The highest BCUT2D eigenvalue weighted by Gasteiger charge is 2.17. The van der Waals surface area contributed by atoms with E-state index in [9.17, 15) is 4.79 Å². The zero-order valence-electron chi connectivity index (χ0n) is 12.6. The molecule has 1 amide bonds. The Kier molecular flexibility index (Phi) is 6.49. The third kappa shape index (κ3) is 5.65. The molecule has 0 atom stereocenters. The van der Waals surface area contributed by atoms with E-state index < -0.39 is 0 Å². The summed E-state index contributed by atoms with van der Waals surface area (Å²) in [6.45, 7) is 6.97. The fraction of sp³-hybridized carbons (Fsp3) is 0.562. The van der Waals surface area contributed by atoms with Crippen LogP contribution in [0.15, 0.2) is 24.3 Å². The Morgan fingerprint density at radius 1 is 1.38 bits per heavy atom. The predicted octanol–water partition coefficient (Wildman–Crippen LogP) is 2.60. The summed E-state index contributed by atoms with van der Waals surface area (Å²) in [4.78, 5) is 14.3. The average Bonchev–Trinajstić information content (AvgIpc) is 2.48. The first-order chi connectivity index (χ1) is 10.2. The SMILES string of the molecule is CCN1CCC(CNCC(=O)Nc2cccc(Cl)c2)CC1. The largest absolute Gasteiger partial charge is 0.325 e. The number of rotatable bonds is 6. The highest BCUT2D eigenvalue weighted by Crippen LogP contribution is 2.16. The molecular weight excluding hydrogens is 286 g/mol. The fourth-order valence-electron chi connectivity index (χ4n) is 2.67. The molecule has 116 valence electrons. The molecule has 0 radical (unpaired) electrons. The van der Waals surface area contributed by atoms with Gasteiger partial charge in [-0.1, -0.05) is 24.6 Å². The number of carbonyl (C=O) groups excluding carboxylic acids is 1. The lowest BCUT2D eigenvalue weighted by atomic mass is 9.97. The van der Waals surface area contributed by atoms with Crippen molar-refractivity contribution < 1.29 is 4.79 Å². The molecule has 2 rings (SSSR count). The van der Waals surface area contributed by atoms with Gasteiger partial charge in [-0.05, 0) is 63.1 Å². The van der Waals surface area contributed by atoms with Crippen molar-refractivity contribution in [2.75, 3.05) is 38.0 Å². The summed E-state index contributed by atoms with van der Waals surface area (Å²) in [6, 6.07) is 7.20. The molecule has 4 nitrogen and oxygen atoms in total. The maximum atomic E-state index is 11.8. The molecule has 0 saturated carbocycles. The van der Waals surface area contributed by atoms with Crippen LogP contribution in [0.25, 0.3) is 0 Å². The Bertz CT molecular complexity index is 459. The summed E-state index contributed by atoms with van der Waals surface area (Å²) in [7, 11) is 0. The highest BCUT2D eigenvalue weighted by molar-refractivity contribution is 6.30. The van der Waals surface area contributed by atoms with E-state index in [0.29, 0.717) is 17.5 Å². The van der Waals surface area contributed by atoms with Crippen LogP contribution in [0, 0.1) is 5.92 Å². The van der Waals surface area contributed by atoms with Gasteiger partial charge in [0.2, 0.25) is 5.91 Å². The number of anilines is 1. The summed E-state index contributed by atoms with van der Waals surface area (Å²) < 4.78 is 0. The minimum absolute atomic E-state index is 0.0248. The number of amides is 1. The molecule has 1 aromatic rings. The van der Waals surface area contributed by atoms with Crippen molar-refractivity contribution in [1.29, 1.82) is 0 Å². The van der Waals surface area contributed by atoms with E-state index >= 15 is 0 Å². The van der Waals surface area contributed by atoms with Crippen LogP contribution in [0.1, 0.15) is 19.8 Å². The molecule has 1 fully saturated rings. The monoisotopic (exact) mass is 309 g/mol. The van der Waals surface area contributed by atoms with Crippen LogP contribution >= 0.6 is 11.6 Å². The van der Waals surface area contributed by atoms with Crippen LogP contribution in [-0.4, -0.2) is 43.5 Å². The van der Waals surface area contributed by atoms with Crippen LogP contribution in [0.2, 0.25) is 5.02 Å². The van der Waals surface area contributed by atoms with Crippen molar-refractivity contribution >= 4 is 23.2 Å². The molecule has 0 bridgehead atoms. The molecular formula is C16H24ClN3O. The van der Waals surface area contributed by atoms with Gasteiger partial charge in [-0.3, -0.25) is 4.79 Å². The fourth-order valence-corrected chi connectivity index (χ4v) is 2.86. The van der Waals surface area contributed by atoms with Crippen molar-refractivity contribution in [1.82, 2.24) is 10.2 Å². The van der Waals surface area contributed by atoms with Gasteiger partial charge in [0, 0.05) is 10.7 Å². The normalized spacial score (nSPS) is 16.9. The number of benzene rings is 1. The number of piperidine rings is 1. The van der Waals surface area contributed by atoms with Crippen molar-refractivity contribution in [2.24, 2.45) is 5.92 Å². The average molecular weight is 310 g/mol. The van der Waals surface area contributed by atoms with Gasteiger partial charge in [-0.2, -0.15) is 0 Å². The molecule has 0 unspecified atom stereocenters. The zero-order valence-corrected chi connectivity index (χ0v) is 13.3. The first-order valence-corrected chi connectivity index (χ1v) is 8.03. The van der Waals surface area contributed by atoms with E-state index in [2.05, 4.69) is 22.5 Å². The molecule has 1 heterocycles. The Morgan fingerprint density at radius 2 is 2.14 bits per heavy atom. The van der Waals surface area contributed by atoms with Crippen molar-refractivity contribution in [2.45, 2.75) is 19.8 Å². The maximum Gasteiger partial charge on any atom is 0.238 e. The van der Waals surface area contributed by atoms with E-state index in [-0.39, 0.29) is 5.91 Å². The van der Waals surface area contributed by atoms with Gasteiger partial charge in [-0.25, -0.2) is 0 Å². The van der Waals surface area contributed by atoms with Crippen molar-refractivity contribution in [3.8, 4) is 0 Å². The third-order valence-corrected chi connectivity index (χ3v) is 4.22. The number of halogens is 1. The molecule has 1 aliphatic rings. The van der Waals surface area contributed by atoms with Crippen LogP contribution in [0.4, 0.5) is 5.69 Å². The van der Waals surface area contributed by atoms with Gasteiger partial charge >= 0.3 is 0 Å². The second-order valence-electron chi connectivity index (χ2n) is 5.57. The van der Waals surface area contributed by atoms with Crippen LogP contribution in [0.5, 0.6) is 0 Å². The Balaban J connectivity index is 1.63. The lowest BCUT2D eigenvalue weighted by Gasteiger charge is -2.31. The van der Waals surface area contributed by atoms with Gasteiger partial charge in [0.15, 0.2) is 0 Å². The molecule has 2 N–H and O–H groups in total. The predicted molar refractivity (Wildman–Crippen MR) is 87.8 cm³/mol. The molecule has 1 aromatic carbocycles. The molecule has 1 saturated heterocycles. The van der Waals surface area contributed by atoms with Gasteiger partial charge in [0.05, 0.1) is 6.54 Å². The lowest BCUT2D eigenvalue weighted by Crippen LogP contribution is -2.38. The van der Waals surface area contributed by atoms with Crippen molar-refractivity contribution in [3.63, 3.8) is 0 Å². The lowest BCUT2D eigenvalue weighted by molar-refractivity contribution is -0.115. The summed E-state index contributed by atoms with van der Waals surface area (Å²) in [6.07, 6.45) is 2.44. The van der Waals surface area contributed by atoms with E-state index in [1.165, 1.54) is 25.9 Å². The van der Waals surface area contributed by atoms with E-state index in [1.54, 1.807) is 12.1 Å². The van der Waals surface area contributed by atoms with Crippen LogP contribution < -0.4 is 10.6 Å². The summed E-state index contributed by atoms with van der Waals surface area (Å²) in [5.41, 5.74) is 0.741. The Labute approximate surface area is 131 Å². The molecule has 1 aliphatic heterocycles. The summed E-state index contributed by atoms with van der Waals surface area (Å²) in [5.74, 6) is 0.662. The van der Waals surface area contributed by atoms with Gasteiger partial charge < -0.3 is 15.5 Å². The number of hydrogen-bond donors (Lipinski definition) is 2. The van der Waals surface area contributed by atoms with Gasteiger partial charge in [0.1, 0.15) is 0 Å². The number of nitrogens with zero attached hydrogens (tertiary/aromatic N) is 1. The van der Waals surface area contributed by atoms with Crippen LogP contribution in [0.3, 0.4) is 0 Å². The van der Waals surface area contributed by atoms with E-state index in [1.807, 2.05) is 12.1 Å².